The fraction of sp³-hybridized carbons (Fsp3) is 0.333. The van der Waals surface area contributed by atoms with E-state index < -0.39 is 0 Å². The Balaban J connectivity index is 1.18. The van der Waals surface area contributed by atoms with Gasteiger partial charge in [-0.25, -0.2) is 4.68 Å². The van der Waals surface area contributed by atoms with Gasteiger partial charge in [-0.2, -0.15) is 5.10 Å². The maximum atomic E-state index is 12.3. The number of amides is 1. The van der Waals surface area contributed by atoms with Gasteiger partial charge in [-0.1, -0.05) is 35.5 Å². The van der Waals surface area contributed by atoms with Gasteiger partial charge in [0.2, 0.25) is 5.91 Å². The van der Waals surface area contributed by atoms with Crippen molar-refractivity contribution in [1.29, 1.82) is 0 Å². The number of hydrogen-bond acceptors (Lipinski definition) is 4. The zero-order valence-corrected chi connectivity index (χ0v) is 17.2. The molecule has 1 saturated carbocycles. The van der Waals surface area contributed by atoms with Gasteiger partial charge < -0.3 is 4.90 Å². The Labute approximate surface area is 180 Å². The van der Waals surface area contributed by atoms with Gasteiger partial charge in [0.15, 0.2) is 0 Å². The summed E-state index contributed by atoms with van der Waals surface area (Å²) in [5.74, 6) is 1.09. The molecule has 1 saturated heterocycles. The third kappa shape index (κ3) is 3.50. The second kappa shape index (κ2) is 7.34. The maximum absolute atomic E-state index is 12.3. The molecule has 0 bridgehead atoms. The van der Waals surface area contributed by atoms with Gasteiger partial charge in [0.25, 0.3) is 0 Å². The second-order valence-corrected chi connectivity index (χ2v) is 8.76. The number of rotatable bonds is 5. The molecule has 7 heteroatoms. The predicted octanol–water partition coefficient (Wildman–Crippen LogP) is 3.75. The summed E-state index contributed by atoms with van der Waals surface area (Å²) in [7, 11) is 0. The quantitative estimate of drug-likeness (QED) is 0.541. The van der Waals surface area contributed by atoms with E-state index >= 15 is 0 Å². The summed E-state index contributed by atoms with van der Waals surface area (Å²) in [6, 6.07) is 14.8. The number of aromatic nitrogens is 5. The Kier molecular flexibility index (Phi) is 4.33. The minimum Gasteiger partial charge on any atom is -0.342 e. The molecule has 1 amide bonds. The lowest BCUT2D eigenvalue weighted by Gasteiger charge is -2.16. The fourth-order valence-electron chi connectivity index (χ4n) is 4.59. The molecule has 0 unspecified atom stereocenters. The van der Waals surface area contributed by atoms with Crippen LogP contribution in [0.3, 0.4) is 0 Å². The van der Waals surface area contributed by atoms with Crippen molar-refractivity contribution in [2.75, 3.05) is 13.1 Å². The average molecular weight is 412 g/mol. The Morgan fingerprint density at radius 2 is 1.81 bits per heavy atom. The van der Waals surface area contributed by atoms with E-state index in [1.54, 1.807) is 0 Å². The van der Waals surface area contributed by atoms with E-state index in [-0.39, 0.29) is 0 Å². The zero-order valence-electron chi connectivity index (χ0n) is 17.2. The van der Waals surface area contributed by atoms with Gasteiger partial charge >= 0.3 is 0 Å². The molecule has 0 spiro atoms. The first-order chi connectivity index (χ1) is 15.2. The Morgan fingerprint density at radius 3 is 2.65 bits per heavy atom. The lowest BCUT2D eigenvalue weighted by atomic mass is 10.0. The Hall–Kier alpha value is -3.48. The highest BCUT2D eigenvalue weighted by Crippen LogP contribution is 2.33. The number of nitrogens with one attached hydrogen (secondary N) is 1. The van der Waals surface area contributed by atoms with Crippen molar-refractivity contribution < 1.29 is 4.79 Å². The van der Waals surface area contributed by atoms with E-state index in [1.165, 1.54) is 5.56 Å². The molecule has 0 radical (unpaired) electrons. The third-order valence-electron chi connectivity index (χ3n) is 6.53. The molecule has 3 heterocycles. The highest BCUT2D eigenvalue weighted by Gasteiger charge is 2.36. The first-order valence-electron chi connectivity index (χ1n) is 11.0. The summed E-state index contributed by atoms with van der Waals surface area (Å²) in [5.41, 5.74) is 5.49. The molecule has 2 fully saturated rings. The van der Waals surface area contributed by atoms with Gasteiger partial charge in [-0.05, 0) is 48.4 Å². The van der Waals surface area contributed by atoms with E-state index in [2.05, 4.69) is 63.0 Å². The standard InChI is InChI=1S/C24H24N6O/c31-24(19-5-6-19)29-10-9-16(14-29)15-30-23(13-26-28-30)18-3-1-17(2-4-18)20-7-8-22-21(11-20)12-25-27-22/h1-4,7-8,11-13,16,19H,5-6,9-10,14-15H2,(H,25,27)/t16-/m1/s1. The first-order valence-corrected chi connectivity index (χ1v) is 11.0. The molecule has 4 aromatic rings. The zero-order chi connectivity index (χ0) is 20.8. The van der Waals surface area contributed by atoms with E-state index in [0.717, 1.165) is 66.6 Å². The number of likely N-dealkylation sites (tertiary alicyclic amines) is 1. The number of nitrogens with zero attached hydrogens (tertiary/aromatic N) is 5. The molecule has 2 aromatic carbocycles. The van der Waals surface area contributed by atoms with Crippen LogP contribution in [-0.2, 0) is 11.3 Å². The van der Waals surface area contributed by atoms with Crippen molar-refractivity contribution in [2.24, 2.45) is 11.8 Å². The van der Waals surface area contributed by atoms with Crippen LogP contribution in [-0.4, -0.2) is 49.1 Å². The van der Waals surface area contributed by atoms with E-state index in [9.17, 15) is 4.79 Å². The monoisotopic (exact) mass is 412 g/mol. The van der Waals surface area contributed by atoms with E-state index in [0.29, 0.717) is 17.7 Å². The van der Waals surface area contributed by atoms with Crippen LogP contribution < -0.4 is 0 Å². The maximum Gasteiger partial charge on any atom is 0.225 e. The van der Waals surface area contributed by atoms with E-state index in [1.807, 2.05) is 22.0 Å². The molecule has 2 aliphatic rings. The largest absolute Gasteiger partial charge is 0.342 e. The smallest absolute Gasteiger partial charge is 0.225 e. The summed E-state index contributed by atoms with van der Waals surface area (Å²) in [5, 5.41) is 16.7. The molecule has 156 valence electrons. The molecule has 1 aliphatic carbocycles. The summed E-state index contributed by atoms with van der Waals surface area (Å²) < 4.78 is 1.99. The highest BCUT2D eigenvalue weighted by molar-refractivity contribution is 5.84. The summed E-state index contributed by atoms with van der Waals surface area (Å²) in [6.45, 7) is 2.51. The molecule has 6 rings (SSSR count). The third-order valence-corrected chi connectivity index (χ3v) is 6.53. The highest BCUT2D eigenvalue weighted by atomic mass is 16.2. The van der Waals surface area contributed by atoms with Crippen molar-refractivity contribution in [1.82, 2.24) is 30.1 Å². The lowest BCUT2D eigenvalue weighted by Crippen LogP contribution is -2.30. The number of fused-ring (bicyclic) bond motifs is 1. The Morgan fingerprint density at radius 1 is 1.00 bits per heavy atom. The normalized spacial score (nSPS) is 18.7. The SMILES string of the molecule is O=C(C1CC1)N1CC[C@@H](Cn2nncc2-c2ccc(-c3ccc4[nH]ncc4c3)cc2)C1. The summed E-state index contributed by atoms with van der Waals surface area (Å²) >= 11 is 0. The number of carbonyl (C=O) groups is 1. The molecule has 31 heavy (non-hydrogen) atoms. The van der Waals surface area contributed by atoms with Crippen molar-refractivity contribution in [3.63, 3.8) is 0 Å². The fourth-order valence-corrected chi connectivity index (χ4v) is 4.59. The van der Waals surface area contributed by atoms with Crippen molar-refractivity contribution >= 4 is 16.8 Å². The van der Waals surface area contributed by atoms with Crippen LogP contribution in [0.15, 0.2) is 54.9 Å². The van der Waals surface area contributed by atoms with Gasteiger partial charge in [0, 0.05) is 36.5 Å². The van der Waals surface area contributed by atoms with Crippen molar-refractivity contribution in [2.45, 2.75) is 25.8 Å². The van der Waals surface area contributed by atoms with Crippen LogP contribution >= 0.6 is 0 Å². The van der Waals surface area contributed by atoms with Crippen molar-refractivity contribution in [3.8, 4) is 22.4 Å². The number of aromatic amines is 1. The number of benzene rings is 2. The van der Waals surface area contributed by atoms with Crippen molar-refractivity contribution in [3.05, 3.63) is 54.9 Å². The molecule has 2 aromatic heterocycles. The topological polar surface area (TPSA) is 79.7 Å². The Bertz CT molecular complexity index is 1240. The minimum absolute atomic E-state index is 0.299. The van der Waals surface area contributed by atoms with E-state index in [4.69, 9.17) is 0 Å². The molecular formula is C24H24N6O. The minimum atomic E-state index is 0.299. The molecule has 1 aliphatic heterocycles. The van der Waals surface area contributed by atoms with Crippen LogP contribution in [0.25, 0.3) is 33.3 Å². The predicted molar refractivity (Wildman–Crippen MR) is 118 cm³/mol. The van der Waals surface area contributed by atoms with Gasteiger partial charge in [0.05, 0.1) is 23.6 Å². The van der Waals surface area contributed by atoms with Crippen LogP contribution in [0.4, 0.5) is 0 Å². The van der Waals surface area contributed by atoms with Crippen LogP contribution in [0, 0.1) is 11.8 Å². The van der Waals surface area contributed by atoms with Gasteiger partial charge in [0.1, 0.15) is 0 Å². The van der Waals surface area contributed by atoms with Gasteiger partial charge in [-0.3, -0.25) is 9.89 Å². The van der Waals surface area contributed by atoms with Gasteiger partial charge in [-0.15, -0.1) is 5.10 Å². The molecular weight excluding hydrogens is 388 g/mol. The van der Waals surface area contributed by atoms with Crippen LogP contribution in [0.1, 0.15) is 19.3 Å². The molecule has 1 N–H and O–H groups in total. The lowest BCUT2D eigenvalue weighted by molar-refractivity contribution is -0.131. The number of H-pyrrole nitrogens is 1. The second-order valence-electron chi connectivity index (χ2n) is 8.76. The number of carbonyl (C=O) groups excluding carboxylic acids is 1. The molecule has 7 nitrogen and oxygen atoms in total. The number of hydrogen-bond donors (Lipinski definition) is 1. The first kappa shape index (κ1) is 18.3. The summed E-state index contributed by atoms with van der Waals surface area (Å²) in [6.07, 6.45) is 6.85. The molecule has 1 atom stereocenters. The summed E-state index contributed by atoms with van der Waals surface area (Å²) in [4.78, 5) is 14.4. The van der Waals surface area contributed by atoms with Crippen LogP contribution in [0.2, 0.25) is 0 Å². The average Bonchev–Trinajstić information content (AvgIpc) is 3.17. The van der Waals surface area contributed by atoms with Crippen LogP contribution in [0.5, 0.6) is 0 Å².